The van der Waals surface area contributed by atoms with Crippen LogP contribution in [0.2, 0.25) is 0 Å². The van der Waals surface area contributed by atoms with Crippen LogP contribution in [0.3, 0.4) is 0 Å². The van der Waals surface area contributed by atoms with Crippen molar-refractivity contribution in [1.29, 1.82) is 0 Å². The quantitative estimate of drug-likeness (QED) is 0.779. The number of aryl methyl sites for hydroxylation is 1. The van der Waals surface area contributed by atoms with Gasteiger partial charge < -0.3 is 5.32 Å². The zero-order valence-corrected chi connectivity index (χ0v) is 15.4. The molecule has 0 aliphatic rings. The van der Waals surface area contributed by atoms with E-state index in [2.05, 4.69) is 26.1 Å². The lowest BCUT2D eigenvalue weighted by Gasteiger charge is -2.19. The van der Waals surface area contributed by atoms with Crippen molar-refractivity contribution in [3.63, 3.8) is 0 Å². The molecular formula is C21H26N3O+. The normalized spacial score (nSPS) is 12.7. The van der Waals surface area contributed by atoms with Gasteiger partial charge in [-0.1, -0.05) is 44.2 Å². The molecule has 4 nitrogen and oxygen atoms in total. The Hall–Kier alpha value is -2.46. The maximum Gasteiger partial charge on any atom is 0.266 e. The summed E-state index contributed by atoms with van der Waals surface area (Å²) < 4.78 is 1.79. The Morgan fingerprint density at radius 2 is 1.72 bits per heavy atom. The van der Waals surface area contributed by atoms with Crippen molar-refractivity contribution in [2.45, 2.75) is 33.7 Å². The zero-order chi connectivity index (χ0) is 18.0. The van der Waals surface area contributed by atoms with Crippen molar-refractivity contribution in [2.75, 3.05) is 6.54 Å². The van der Waals surface area contributed by atoms with E-state index in [1.54, 1.807) is 4.57 Å². The van der Waals surface area contributed by atoms with E-state index in [-0.39, 0.29) is 11.6 Å². The van der Waals surface area contributed by atoms with E-state index >= 15 is 0 Å². The summed E-state index contributed by atoms with van der Waals surface area (Å²) in [4.78, 5) is 18.1. The minimum Gasteiger partial charge on any atom is -0.338 e. The summed E-state index contributed by atoms with van der Waals surface area (Å²) in [5.74, 6) is 1.39. The van der Waals surface area contributed by atoms with Gasteiger partial charge in [0.25, 0.3) is 5.56 Å². The van der Waals surface area contributed by atoms with Crippen LogP contribution in [0.1, 0.15) is 38.2 Å². The van der Waals surface area contributed by atoms with Crippen molar-refractivity contribution in [3.8, 4) is 5.69 Å². The first-order valence-corrected chi connectivity index (χ1v) is 8.90. The highest BCUT2D eigenvalue weighted by Crippen LogP contribution is 2.18. The molecule has 0 spiro atoms. The molecule has 1 heterocycles. The molecule has 0 unspecified atom stereocenters. The second-order valence-corrected chi connectivity index (χ2v) is 7.07. The van der Waals surface area contributed by atoms with E-state index < -0.39 is 0 Å². The SMILES string of the molecule is Cc1ccccc1-n1c([C@@H](C)[NH2+]CC(C)C)nc2ccccc2c1=O. The van der Waals surface area contributed by atoms with E-state index in [0.717, 1.165) is 29.1 Å². The first-order chi connectivity index (χ1) is 12.0. The monoisotopic (exact) mass is 336 g/mol. The summed E-state index contributed by atoms with van der Waals surface area (Å²) in [5, 5.41) is 2.92. The van der Waals surface area contributed by atoms with Gasteiger partial charge in [-0.05, 0) is 37.6 Å². The van der Waals surface area contributed by atoms with Gasteiger partial charge in [0.1, 0.15) is 6.04 Å². The minimum atomic E-state index is -0.000281. The third kappa shape index (κ3) is 3.49. The lowest BCUT2D eigenvalue weighted by molar-refractivity contribution is -0.698. The fourth-order valence-electron chi connectivity index (χ4n) is 3.08. The van der Waals surface area contributed by atoms with Crippen LogP contribution in [0.25, 0.3) is 16.6 Å². The number of hydrogen-bond donors (Lipinski definition) is 1. The van der Waals surface area contributed by atoms with Crippen molar-refractivity contribution in [1.82, 2.24) is 9.55 Å². The molecule has 25 heavy (non-hydrogen) atoms. The fourth-order valence-corrected chi connectivity index (χ4v) is 3.08. The molecule has 0 bridgehead atoms. The predicted octanol–water partition coefficient (Wildman–Crippen LogP) is 2.97. The Morgan fingerprint density at radius 3 is 2.44 bits per heavy atom. The molecule has 2 N–H and O–H groups in total. The van der Waals surface area contributed by atoms with Crippen molar-refractivity contribution in [3.05, 3.63) is 70.3 Å². The van der Waals surface area contributed by atoms with E-state index in [0.29, 0.717) is 11.3 Å². The second kappa shape index (κ2) is 7.19. The van der Waals surface area contributed by atoms with Crippen molar-refractivity contribution < 1.29 is 5.32 Å². The Balaban J connectivity index is 2.25. The molecule has 3 rings (SSSR count). The molecule has 1 aromatic heterocycles. The molecule has 0 saturated carbocycles. The van der Waals surface area contributed by atoms with Gasteiger partial charge in [0, 0.05) is 5.92 Å². The molecule has 0 aliphatic heterocycles. The second-order valence-electron chi connectivity index (χ2n) is 7.07. The number of quaternary nitrogens is 1. The lowest BCUT2D eigenvalue weighted by atomic mass is 10.1. The smallest absolute Gasteiger partial charge is 0.266 e. The van der Waals surface area contributed by atoms with Crippen LogP contribution in [0.5, 0.6) is 0 Å². The Kier molecular flexibility index (Phi) is 5.00. The van der Waals surface area contributed by atoms with E-state index in [4.69, 9.17) is 4.98 Å². The van der Waals surface area contributed by atoms with E-state index in [1.165, 1.54) is 0 Å². The highest BCUT2D eigenvalue weighted by Gasteiger charge is 2.21. The number of fused-ring (bicyclic) bond motifs is 1. The molecule has 0 amide bonds. The Bertz CT molecular complexity index is 943. The summed E-state index contributed by atoms with van der Waals surface area (Å²) in [6, 6.07) is 15.7. The molecule has 130 valence electrons. The molecular weight excluding hydrogens is 310 g/mol. The van der Waals surface area contributed by atoms with Gasteiger partial charge in [-0.3, -0.25) is 9.36 Å². The van der Waals surface area contributed by atoms with Crippen LogP contribution in [-0.4, -0.2) is 16.1 Å². The number of nitrogens with zero attached hydrogens (tertiary/aromatic N) is 2. The summed E-state index contributed by atoms with van der Waals surface area (Å²) in [7, 11) is 0. The van der Waals surface area contributed by atoms with Crippen LogP contribution >= 0.6 is 0 Å². The average Bonchev–Trinajstić information content (AvgIpc) is 2.60. The average molecular weight is 336 g/mol. The standard InChI is InChI=1S/C21H25N3O/c1-14(2)13-22-16(4)20-23-18-11-7-6-10-17(18)21(25)24(20)19-12-8-5-9-15(19)3/h5-12,14,16,22H,13H2,1-4H3/p+1/t16-/m1/s1. The van der Waals surface area contributed by atoms with Gasteiger partial charge in [-0.15, -0.1) is 0 Å². The molecule has 4 heteroatoms. The summed E-state index contributed by atoms with van der Waals surface area (Å²) in [5.41, 5.74) is 2.74. The van der Waals surface area contributed by atoms with Gasteiger partial charge in [0.05, 0.1) is 23.1 Å². The molecule has 0 aliphatic carbocycles. The highest BCUT2D eigenvalue weighted by molar-refractivity contribution is 5.78. The van der Waals surface area contributed by atoms with Gasteiger partial charge in [-0.2, -0.15) is 0 Å². The summed E-state index contributed by atoms with van der Waals surface area (Å²) in [6.07, 6.45) is 0. The number of aromatic nitrogens is 2. The van der Waals surface area contributed by atoms with Crippen molar-refractivity contribution in [2.24, 2.45) is 5.92 Å². The fraction of sp³-hybridized carbons (Fsp3) is 0.333. The van der Waals surface area contributed by atoms with Crippen LogP contribution < -0.4 is 10.9 Å². The number of para-hydroxylation sites is 2. The first-order valence-electron chi connectivity index (χ1n) is 8.90. The molecule has 0 fully saturated rings. The third-order valence-electron chi connectivity index (χ3n) is 4.53. The minimum absolute atomic E-state index is 0.000281. The molecule has 0 radical (unpaired) electrons. The van der Waals surface area contributed by atoms with Gasteiger partial charge in [0.15, 0.2) is 5.82 Å². The number of hydrogen-bond acceptors (Lipinski definition) is 2. The maximum atomic E-state index is 13.3. The Morgan fingerprint density at radius 1 is 1.04 bits per heavy atom. The van der Waals surface area contributed by atoms with Crippen LogP contribution in [0, 0.1) is 12.8 Å². The van der Waals surface area contributed by atoms with E-state index in [9.17, 15) is 4.79 Å². The largest absolute Gasteiger partial charge is 0.338 e. The first kappa shape index (κ1) is 17.4. The Labute approximate surface area is 148 Å². The molecule has 1 atom stereocenters. The van der Waals surface area contributed by atoms with Crippen LogP contribution in [-0.2, 0) is 0 Å². The molecule has 3 aromatic rings. The predicted molar refractivity (Wildman–Crippen MR) is 102 cm³/mol. The van der Waals surface area contributed by atoms with Gasteiger partial charge in [0.2, 0.25) is 0 Å². The number of nitrogens with two attached hydrogens (primary N) is 1. The summed E-state index contributed by atoms with van der Waals surface area (Å²) in [6.45, 7) is 9.55. The third-order valence-corrected chi connectivity index (χ3v) is 4.53. The van der Waals surface area contributed by atoms with E-state index in [1.807, 2.05) is 55.5 Å². The highest BCUT2D eigenvalue weighted by atomic mass is 16.1. The topological polar surface area (TPSA) is 51.5 Å². The maximum absolute atomic E-state index is 13.3. The van der Waals surface area contributed by atoms with Gasteiger partial charge >= 0.3 is 0 Å². The van der Waals surface area contributed by atoms with Crippen molar-refractivity contribution >= 4 is 10.9 Å². The summed E-state index contributed by atoms with van der Waals surface area (Å²) >= 11 is 0. The van der Waals surface area contributed by atoms with Crippen LogP contribution in [0.15, 0.2) is 53.3 Å². The molecule has 2 aromatic carbocycles. The number of rotatable bonds is 5. The zero-order valence-electron chi connectivity index (χ0n) is 15.4. The lowest BCUT2D eigenvalue weighted by Crippen LogP contribution is -2.86. The molecule has 0 saturated heterocycles. The van der Waals surface area contributed by atoms with Gasteiger partial charge in [-0.25, -0.2) is 4.98 Å². The number of benzene rings is 2. The van der Waals surface area contributed by atoms with Crippen LogP contribution in [0.4, 0.5) is 0 Å².